The number of benzene rings is 1. The Kier molecular flexibility index (Phi) is 5.25. The highest BCUT2D eigenvalue weighted by molar-refractivity contribution is 7.91. The normalized spacial score (nSPS) is 15.3. The Morgan fingerprint density at radius 3 is 3.00 bits per heavy atom. The van der Waals surface area contributed by atoms with Gasteiger partial charge in [-0.25, -0.2) is 4.98 Å². The minimum Gasteiger partial charge on any atom is -0.611 e. The lowest BCUT2D eigenvalue weighted by atomic mass is 10.1. The third-order valence-electron chi connectivity index (χ3n) is 3.85. The van der Waals surface area contributed by atoms with E-state index in [2.05, 4.69) is 16.1 Å². The third kappa shape index (κ3) is 3.54. The molecule has 1 unspecified atom stereocenters. The molecule has 3 rings (SSSR count). The van der Waals surface area contributed by atoms with Crippen molar-refractivity contribution in [2.75, 3.05) is 18.9 Å². The molecule has 0 saturated carbocycles. The molecule has 0 amide bonds. The zero-order chi connectivity index (χ0) is 16.2. The van der Waals surface area contributed by atoms with E-state index in [9.17, 15) is 4.55 Å². The van der Waals surface area contributed by atoms with Crippen molar-refractivity contribution in [3.05, 3.63) is 30.2 Å². The van der Waals surface area contributed by atoms with E-state index in [0.29, 0.717) is 12.4 Å². The molecule has 6 heteroatoms. The molecular formula is C17H23N3O2S. The van der Waals surface area contributed by atoms with Crippen molar-refractivity contribution in [1.82, 2.24) is 14.9 Å². The van der Waals surface area contributed by atoms with Gasteiger partial charge in [0.15, 0.2) is 4.90 Å². The third-order valence-corrected chi connectivity index (χ3v) is 5.41. The zero-order valence-electron chi connectivity index (χ0n) is 13.7. The largest absolute Gasteiger partial charge is 0.611 e. The van der Waals surface area contributed by atoms with Crippen LogP contribution in [0.2, 0.25) is 0 Å². The van der Waals surface area contributed by atoms with E-state index in [1.54, 1.807) is 0 Å². The Balaban J connectivity index is 1.95. The number of aromatic nitrogens is 2. The molecule has 0 saturated heterocycles. The van der Waals surface area contributed by atoms with Crippen molar-refractivity contribution in [2.45, 2.75) is 38.3 Å². The second kappa shape index (κ2) is 7.38. The zero-order valence-corrected chi connectivity index (χ0v) is 14.5. The van der Waals surface area contributed by atoms with Gasteiger partial charge in [0.2, 0.25) is 0 Å². The minimum absolute atomic E-state index is 0.575. The molecule has 1 aliphatic rings. The molecule has 1 aromatic heterocycles. The second-order valence-electron chi connectivity index (χ2n) is 5.55. The molecule has 5 nitrogen and oxygen atoms in total. The van der Waals surface area contributed by atoms with Crippen LogP contribution in [0.5, 0.6) is 5.75 Å². The fraction of sp³-hybridized carbons (Fsp3) is 0.471. The van der Waals surface area contributed by atoms with Crippen molar-refractivity contribution in [3.63, 3.8) is 0 Å². The highest BCUT2D eigenvalue weighted by atomic mass is 32.2. The molecule has 2 heterocycles. The molecule has 0 aliphatic carbocycles. The number of hydrogen-bond donors (Lipinski definition) is 1. The van der Waals surface area contributed by atoms with Crippen LogP contribution in [0.25, 0.3) is 11.3 Å². The van der Waals surface area contributed by atoms with Crippen LogP contribution in [0.3, 0.4) is 0 Å². The van der Waals surface area contributed by atoms with Gasteiger partial charge in [0.1, 0.15) is 17.3 Å². The fourth-order valence-corrected chi connectivity index (χ4v) is 3.82. The number of ether oxygens (including phenoxy) is 1. The number of imidazole rings is 1. The SMILES string of the molecule is CCC[S+]([O-])c1ccc(-c2cn3c(n2)CNCC3)c(OCC)c1. The van der Waals surface area contributed by atoms with Gasteiger partial charge < -0.3 is 19.2 Å². The Hall–Kier alpha value is -1.50. The first kappa shape index (κ1) is 16.4. The standard InChI is InChI=1S/C17H23N3O2S/c1-3-9-23(21)13-5-6-14(16(10-13)22-4-2)15-12-20-8-7-18-11-17(20)19-15/h5-6,10,12,18H,3-4,7-9,11H2,1-2H3. The van der Waals surface area contributed by atoms with Crippen LogP contribution < -0.4 is 10.1 Å². The van der Waals surface area contributed by atoms with Crippen LogP contribution >= 0.6 is 0 Å². The summed E-state index contributed by atoms with van der Waals surface area (Å²) >= 11 is -0.970. The van der Waals surface area contributed by atoms with E-state index in [-0.39, 0.29) is 0 Å². The smallest absolute Gasteiger partial charge is 0.156 e. The number of nitrogens with one attached hydrogen (secondary N) is 1. The summed E-state index contributed by atoms with van der Waals surface area (Å²) in [6, 6.07) is 5.82. The molecule has 2 aromatic rings. The Morgan fingerprint density at radius 1 is 1.39 bits per heavy atom. The van der Waals surface area contributed by atoms with Gasteiger partial charge in [-0.3, -0.25) is 0 Å². The molecule has 0 radical (unpaired) electrons. The summed E-state index contributed by atoms with van der Waals surface area (Å²) in [4.78, 5) is 5.54. The summed E-state index contributed by atoms with van der Waals surface area (Å²) in [5.74, 6) is 2.49. The van der Waals surface area contributed by atoms with Crippen molar-refractivity contribution in [3.8, 4) is 17.0 Å². The van der Waals surface area contributed by atoms with Gasteiger partial charge in [-0.15, -0.1) is 0 Å². The van der Waals surface area contributed by atoms with Gasteiger partial charge >= 0.3 is 0 Å². The average molecular weight is 333 g/mol. The second-order valence-corrected chi connectivity index (χ2v) is 7.12. The fourth-order valence-electron chi connectivity index (χ4n) is 2.75. The molecule has 0 bridgehead atoms. The molecule has 23 heavy (non-hydrogen) atoms. The Bertz CT molecular complexity index is 648. The van der Waals surface area contributed by atoms with E-state index in [1.165, 1.54) is 0 Å². The van der Waals surface area contributed by atoms with Crippen LogP contribution in [0.4, 0.5) is 0 Å². The number of hydrogen-bond acceptors (Lipinski definition) is 4. The van der Waals surface area contributed by atoms with Gasteiger partial charge in [-0.1, -0.05) is 6.92 Å². The first-order valence-electron chi connectivity index (χ1n) is 8.15. The van der Waals surface area contributed by atoms with Gasteiger partial charge in [0, 0.05) is 30.9 Å². The first-order chi connectivity index (χ1) is 11.2. The quantitative estimate of drug-likeness (QED) is 0.825. The van der Waals surface area contributed by atoms with E-state index in [1.807, 2.05) is 32.0 Å². The summed E-state index contributed by atoms with van der Waals surface area (Å²) in [6.07, 6.45) is 2.98. The predicted octanol–water partition coefficient (Wildman–Crippen LogP) is 2.57. The van der Waals surface area contributed by atoms with E-state index in [4.69, 9.17) is 9.72 Å². The highest BCUT2D eigenvalue weighted by Crippen LogP contribution is 2.32. The van der Waals surface area contributed by atoms with Gasteiger partial charge in [-0.05, 0) is 36.7 Å². The molecule has 1 aliphatic heterocycles. The van der Waals surface area contributed by atoms with Crippen LogP contribution in [0.15, 0.2) is 29.3 Å². The van der Waals surface area contributed by atoms with Gasteiger partial charge in [0.05, 0.1) is 18.8 Å². The van der Waals surface area contributed by atoms with Crippen LogP contribution in [-0.2, 0) is 24.3 Å². The lowest BCUT2D eigenvalue weighted by Gasteiger charge is -2.13. The van der Waals surface area contributed by atoms with Gasteiger partial charge in [-0.2, -0.15) is 0 Å². The van der Waals surface area contributed by atoms with Crippen LogP contribution in [0.1, 0.15) is 26.1 Å². The van der Waals surface area contributed by atoms with Crippen LogP contribution in [-0.4, -0.2) is 33.0 Å². The summed E-state index contributed by atoms with van der Waals surface area (Å²) in [7, 11) is 0. The van der Waals surface area contributed by atoms with E-state index in [0.717, 1.165) is 53.8 Å². The molecule has 0 fully saturated rings. The van der Waals surface area contributed by atoms with Gasteiger partial charge in [0.25, 0.3) is 0 Å². The number of fused-ring (bicyclic) bond motifs is 1. The van der Waals surface area contributed by atoms with E-state index < -0.39 is 11.2 Å². The maximum absolute atomic E-state index is 12.2. The molecular weight excluding hydrogens is 310 g/mol. The lowest BCUT2D eigenvalue weighted by molar-refractivity contribution is 0.340. The summed E-state index contributed by atoms with van der Waals surface area (Å²) in [5.41, 5.74) is 1.88. The highest BCUT2D eigenvalue weighted by Gasteiger charge is 2.18. The summed E-state index contributed by atoms with van der Waals surface area (Å²) in [5, 5.41) is 3.33. The molecule has 1 aromatic carbocycles. The molecule has 124 valence electrons. The van der Waals surface area contributed by atoms with Crippen molar-refractivity contribution in [1.29, 1.82) is 0 Å². The number of rotatable bonds is 6. The Labute approximate surface area is 140 Å². The van der Waals surface area contributed by atoms with Crippen molar-refractivity contribution in [2.24, 2.45) is 0 Å². The lowest BCUT2D eigenvalue weighted by Crippen LogP contribution is -2.27. The minimum atomic E-state index is -0.970. The molecule has 1 atom stereocenters. The average Bonchev–Trinajstić information content (AvgIpc) is 2.99. The monoisotopic (exact) mass is 333 g/mol. The number of nitrogens with zero attached hydrogens (tertiary/aromatic N) is 2. The van der Waals surface area contributed by atoms with Crippen LogP contribution in [0, 0.1) is 0 Å². The van der Waals surface area contributed by atoms with Crippen molar-refractivity contribution >= 4 is 11.2 Å². The first-order valence-corrected chi connectivity index (χ1v) is 9.47. The predicted molar refractivity (Wildman–Crippen MR) is 92.1 cm³/mol. The van der Waals surface area contributed by atoms with Crippen molar-refractivity contribution < 1.29 is 9.29 Å². The van der Waals surface area contributed by atoms with E-state index >= 15 is 0 Å². The summed E-state index contributed by atoms with van der Waals surface area (Å²) < 4.78 is 20.2. The molecule has 1 N–H and O–H groups in total. The Morgan fingerprint density at radius 2 is 2.26 bits per heavy atom. The molecule has 0 spiro atoms. The maximum Gasteiger partial charge on any atom is 0.156 e. The topological polar surface area (TPSA) is 62.1 Å². The summed E-state index contributed by atoms with van der Waals surface area (Å²) in [6.45, 7) is 7.27. The maximum atomic E-state index is 12.2.